The predicted octanol–water partition coefficient (Wildman–Crippen LogP) is 3.80. The minimum absolute atomic E-state index is 0.0470. The van der Waals surface area contributed by atoms with Gasteiger partial charge in [-0.05, 0) is 18.1 Å². The maximum Gasteiger partial charge on any atom is 0.333 e. The van der Waals surface area contributed by atoms with E-state index in [1.54, 1.807) is 0 Å². The predicted molar refractivity (Wildman–Crippen MR) is 87.0 cm³/mol. The molecule has 0 unspecified atom stereocenters. The monoisotopic (exact) mass is 314 g/mol. The fraction of sp³-hybridized carbons (Fsp3) is 0.500. The molecule has 1 aromatic carbocycles. The molecule has 116 valence electrons. The fourth-order valence-electron chi connectivity index (χ4n) is 4.55. The van der Waals surface area contributed by atoms with Crippen molar-refractivity contribution < 1.29 is 14.3 Å². The average Bonchev–Trinajstić information content (AvgIpc) is 2.90. The zero-order valence-electron chi connectivity index (χ0n) is 13.6. The molecule has 2 bridgehead atoms. The number of ether oxygens (including phenoxy) is 2. The summed E-state index contributed by atoms with van der Waals surface area (Å²) < 4.78 is 11.6. The van der Waals surface area contributed by atoms with E-state index in [4.69, 9.17) is 9.47 Å². The molecule has 0 radical (unpaired) electrons. The first-order chi connectivity index (χ1) is 10.4. The van der Waals surface area contributed by atoms with Gasteiger partial charge in [0.05, 0.1) is 26.9 Å². The minimum atomic E-state index is -1.57. The zero-order valence-corrected chi connectivity index (χ0v) is 14.6. The van der Waals surface area contributed by atoms with Crippen LogP contribution in [-0.2, 0) is 14.3 Å². The van der Waals surface area contributed by atoms with E-state index in [0.717, 1.165) is 5.57 Å². The van der Waals surface area contributed by atoms with Gasteiger partial charge in [0.25, 0.3) is 0 Å². The Hall–Kier alpha value is -1.39. The second-order valence-corrected chi connectivity index (χ2v) is 12.5. The molecule has 0 amide bonds. The van der Waals surface area contributed by atoms with Gasteiger partial charge in [0.1, 0.15) is 0 Å². The third-order valence-electron chi connectivity index (χ3n) is 5.20. The highest BCUT2D eigenvalue weighted by Crippen LogP contribution is 2.68. The van der Waals surface area contributed by atoms with Crippen LogP contribution in [0.15, 0.2) is 35.0 Å². The van der Waals surface area contributed by atoms with E-state index in [-0.39, 0.29) is 24.1 Å². The number of esters is 1. The normalized spacial score (nSPS) is 31.6. The molecule has 2 heterocycles. The van der Waals surface area contributed by atoms with Gasteiger partial charge in [-0.2, -0.15) is 0 Å². The minimum Gasteiger partial charge on any atom is -0.463 e. The van der Waals surface area contributed by atoms with Crippen molar-refractivity contribution in [1.82, 2.24) is 0 Å². The second-order valence-electron chi connectivity index (χ2n) is 7.46. The van der Waals surface area contributed by atoms with E-state index in [1.165, 1.54) is 16.3 Å². The van der Waals surface area contributed by atoms with Crippen molar-refractivity contribution in [3.8, 4) is 0 Å². The number of hydrogen-bond donors (Lipinski definition) is 0. The molecule has 4 rings (SSSR count). The quantitative estimate of drug-likeness (QED) is 0.629. The van der Waals surface area contributed by atoms with Crippen molar-refractivity contribution in [2.24, 2.45) is 11.8 Å². The van der Waals surface area contributed by atoms with Crippen molar-refractivity contribution in [2.75, 3.05) is 6.61 Å². The molecule has 1 saturated heterocycles. The molecule has 3 aliphatic rings. The summed E-state index contributed by atoms with van der Waals surface area (Å²) in [5.41, 5.74) is 3.53. The van der Waals surface area contributed by atoms with Crippen molar-refractivity contribution in [2.45, 2.75) is 38.8 Å². The van der Waals surface area contributed by atoms with E-state index in [2.05, 4.69) is 43.9 Å². The van der Waals surface area contributed by atoms with Gasteiger partial charge in [0.2, 0.25) is 0 Å². The van der Waals surface area contributed by atoms with Crippen molar-refractivity contribution >= 4 is 14.0 Å². The molecular formula is C18H22O3Si. The Balaban J connectivity index is 1.80. The van der Waals surface area contributed by atoms with E-state index >= 15 is 0 Å². The highest BCUT2D eigenvalue weighted by atomic mass is 28.3. The van der Waals surface area contributed by atoms with Gasteiger partial charge in [0.15, 0.2) is 0 Å². The SMILES string of the molecule is CCOC(=O)C1=C([Si](C)(C)C)[C@H]2[C@@H]1[C@H]1O[C@@H]2c2ccccc21. The third kappa shape index (κ3) is 1.68. The number of rotatable bonds is 3. The lowest BCUT2D eigenvalue weighted by Crippen LogP contribution is -2.47. The molecule has 1 aromatic rings. The van der Waals surface area contributed by atoms with Gasteiger partial charge in [-0.15, -0.1) is 0 Å². The topological polar surface area (TPSA) is 35.5 Å². The molecule has 4 atom stereocenters. The number of hydrogen-bond acceptors (Lipinski definition) is 3. The van der Waals surface area contributed by atoms with Gasteiger partial charge in [-0.25, -0.2) is 4.79 Å². The molecule has 2 aliphatic heterocycles. The van der Waals surface area contributed by atoms with Crippen LogP contribution >= 0.6 is 0 Å². The van der Waals surface area contributed by atoms with Crippen LogP contribution in [0, 0.1) is 11.8 Å². The highest BCUT2D eigenvalue weighted by Gasteiger charge is 2.63. The molecule has 0 spiro atoms. The molecule has 1 fully saturated rings. The van der Waals surface area contributed by atoms with Crippen molar-refractivity contribution in [1.29, 1.82) is 0 Å². The van der Waals surface area contributed by atoms with Gasteiger partial charge >= 0.3 is 5.97 Å². The van der Waals surface area contributed by atoms with Crippen LogP contribution in [0.4, 0.5) is 0 Å². The summed E-state index contributed by atoms with van der Waals surface area (Å²) in [4.78, 5) is 12.5. The summed E-state index contributed by atoms with van der Waals surface area (Å²) in [5.74, 6) is 0.487. The highest BCUT2D eigenvalue weighted by molar-refractivity contribution is 6.84. The Morgan fingerprint density at radius 2 is 1.73 bits per heavy atom. The number of benzene rings is 1. The Labute approximate surface area is 132 Å². The second kappa shape index (κ2) is 4.55. The van der Waals surface area contributed by atoms with Crippen molar-refractivity contribution in [3.05, 3.63) is 46.2 Å². The molecule has 0 saturated carbocycles. The Kier molecular flexibility index (Phi) is 2.94. The standard InChI is InChI=1S/C18H22O3Si/c1-5-20-18(19)14-12-13(17(14)22(2,3)4)16-11-9-7-6-8-10(11)15(12)21-16/h6-9,12-13,15-16H,5H2,1-4H3/t12-,13-,15-,16+/m0/s1. The Morgan fingerprint density at radius 3 is 2.27 bits per heavy atom. The summed E-state index contributed by atoms with van der Waals surface area (Å²) in [5, 5.41) is 1.37. The van der Waals surface area contributed by atoms with Crippen molar-refractivity contribution in [3.63, 3.8) is 0 Å². The lowest BCUT2D eigenvalue weighted by atomic mass is 9.64. The first-order valence-electron chi connectivity index (χ1n) is 8.11. The van der Waals surface area contributed by atoms with Crippen LogP contribution in [0.1, 0.15) is 30.3 Å². The molecule has 1 aliphatic carbocycles. The fourth-order valence-corrected chi connectivity index (χ4v) is 6.96. The maximum absolute atomic E-state index is 12.5. The van der Waals surface area contributed by atoms with Crippen LogP contribution in [0.3, 0.4) is 0 Å². The maximum atomic E-state index is 12.5. The van der Waals surface area contributed by atoms with Gasteiger partial charge < -0.3 is 9.47 Å². The van der Waals surface area contributed by atoms with Gasteiger partial charge in [-0.1, -0.05) is 49.1 Å². The summed E-state index contributed by atoms with van der Waals surface area (Å²) in [6, 6.07) is 8.47. The van der Waals surface area contributed by atoms with Gasteiger partial charge in [-0.3, -0.25) is 0 Å². The first-order valence-corrected chi connectivity index (χ1v) is 11.6. The molecule has 0 N–H and O–H groups in total. The smallest absolute Gasteiger partial charge is 0.333 e. The van der Waals surface area contributed by atoms with Gasteiger partial charge in [0, 0.05) is 17.4 Å². The molecule has 0 aromatic heterocycles. The third-order valence-corrected chi connectivity index (χ3v) is 7.42. The molecule has 22 heavy (non-hydrogen) atoms. The van der Waals surface area contributed by atoms with E-state index in [9.17, 15) is 4.79 Å². The lowest BCUT2D eigenvalue weighted by Gasteiger charge is -2.46. The molecule has 3 nitrogen and oxygen atoms in total. The average molecular weight is 314 g/mol. The largest absolute Gasteiger partial charge is 0.463 e. The van der Waals surface area contributed by atoms with Crippen LogP contribution in [0.2, 0.25) is 19.6 Å². The molecule has 4 heteroatoms. The summed E-state index contributed by atoms with van der Waals surface area (Å²) >= 11 is 0. The van der Waals surface area contributed by atoms with E-state index < -0.39 is 8.07 Å². The summed E-state index contributed by atoms with van der Waals surface area (Å²) in [6.45, 7) is 9.25. The van der Waals surface area contributed by atoms with Crippen LogP contribution in [-0.4, -0.2) is 20.7 Å². The summed E-state index contributed by atoms with van der Waals surface area (Å²) in [6.07, 6.45) is 0.191. The number of carbonyl (C=O) groups excluding carboxylic acids is 1. The van der Waals surface area contributed by atoms with Crippen LogP contribution < -0.4 is 0 Å². The van der Waals surface area contributed by atoms with E-state index in [1.807, 2.05) is 6.92 Å². The van der Waals surface area contributed by atoms with Crippen LogP contribution in [0.5, 0.6) is 0 Å². The van der Waals surface area contributed by atoms with Crippen LogP contribution in [0.25, 0.3) is 0 Å². The number of carbonyl (C=O) groups is 1. The zero-order chi connectivity index (χ0) is 15.6. The number of fused-ring (bicyclic) bond motifs is 8. The molecular weight excluding hydrogens is 292 g/mol. The Morgan fingerprint density at radius 1 is 1.14 bits per heavy atom. The Bertz CT molecular complexity index is 686. The van der Waals surface area contributed by atoms with E-state index in [0.29, 0.717) is 12.5 Å². The summed E-state index contributed by atoms with van der Waals surface area (Å²) in [7, 11) is -1.57. The lowest BCUT2D eigenvalue weighted by molar-refractivity contribution is -0.140. The first kappa shape index (κ1) is 14.2.